The number of hydrogen-bond acceptors (Lipinski definition) is 3. The van der Waals surface area contributed by atoms with Gasteiger partial charge in [-0.1, -0.05) is 13.8 Å². The van der Waals surface area contributed by atoms with Crippen molar-refractivity contribution in [3.63, 3.8) is 0 Å². The third kappa shape index (κ3) is 3.32. The lowest BCUT2D eigenvalue weighted by Gasteiger charge is -2.04. The quantitative estimate of drug-likeness (QED) is 0.807. The Morgan fingerprint density at radius 1 is 1.21 bits per heavy atom. The van der Waals surface area contributed by atoms with Crippen LogP contribution in [-0.2, 0) is 10.0 Å². The zero-order valence-electron chi connectivity index (χ0n) is 8.10. The summed E-state index contributed by atoms with van der Waals surface area (Å²) in [5.41, 5.74) is 0. The van der Waals surface area contributed by atoms with Crippen LogP contribution >= 0.6 is 11.8 Å². The average molecular weight is 231 g/mol. The molecule has 0 radical (unpaired) electrons. The number of thioether (sulfide) groups is 1. The van der Waals surface area contributed by atoms with Crippen LogP contribution in [0.2, 0.25) is 0 Å². The van der Waals surface area contributed by atoms with Crippen molar-refractivity contribution in [2.75, 3.05) is 0 Å². The fourth-order valence-corrected chi connectivity index (χ4v) is 2.33. The van der Waals surface area contributed by atoms with E-state index in [1.807, 2.05) is 0 Å². The third-order valence-electron chi connectivity index (χ3n) is 1.52. The SMILES string of the molecule is CC(C)Sc1ccc(S(N)(=O)=O)cc1. The number of nitrogens with two attached hydrogens (primary N) is 1. The highest BCUT2D eigenvalue weighted by molar-refractivity contribution is 7.99. The van der Waals surface area contributed by atoms with E-state index >= 15 is 0 Å². The molecule has 0 aliphatic heterocycles. The Balaban J connectivity index is 2.90. The van der Waals surface area contributed by atoms with E-state index < -0.39 is 10.0 Å². The van der Waals surface area contributed by atoms with Crippen molar-refractivity contribution in [3.8, 4) is 0 Å². The first-order chi connectivity index (χ1) is 6.39. The van der Waals surface area contributed by atoms with Gasteiger partial charge in [0, 0.05) is 10.1 Å². The second-order valence-electron chi connectivity index (χ2n) is 3.18. The van der Waals surface area contributed by atoms with Crippen LogP contribution < -0.4 is 5.14 Å². The maximum atomic E-state index is 10.9. The Labute approximate surface area is 88.8 Å². The van der Waals surface area contributed by atoms with Crippen LogP contribution in [-0.4, -0.2) is 13.7 Å². The van der Waals surface area contributed by atoms with Crippen LogP contribution in [0.5, 0.6) is 0 Å². The molecular formula is C9H13NO2S2. The number of hydrogen-bond donors (Lipinski definition) is 1. The van der Waals surface area contributed by atoms with Gasteiger partial charge in [0.1, 0.15) is 0 Å². The molecule has 78 valence electrons. The van der Waals surface area contributed by atoms with Crippen LogP contribution in [0.25, 0.3) is 0 Å². The van der Waals surface area contributed by atoms with E-state index in [0.29, 0.717) is 5.25 Å². The first-order valence-electron chi connectivity index (χ1n) is 4.19. The summed E-state index contributed by atoms with van der Waals surface area (Å²) in [5.74, 6) is 0. The molecule has 0 unspecified atom stereocenters. The van der Waals surface area contributed by atoms with E-state index in [0.717, 1.165) is 4.90 Å². The normalized spacial score (nSPS) is 12.0. The second kappa shape index (κ2) is 4.33. The molecule has 0 fully saturated rings. The van der Waals surface area contributed by atoms with Crippen molar-refractivity contribution in [1.29, 1.82) is 0 Å². The van der Waals surface area contributed by atoms with Crippen LogP contribution in [0.1, 0.15) is 13.8 Å². The fraction of sp³-hybridized carbons (Fsp3) is 0.333. The molecule has 1 rings (SSSR count). The minimum Gasteiger partial charge on any atom is -0.225 e. The maximum absolute atomic E-state index is 10.9. The highest BCUT2D eigenvalue weighted by atomic mass is 32.2. The van der Waals surface area contributed by atoms with Gasteiger partial charge < -0.3 is 0 Å². The van der Waals surface area contributed by atoms with Crippen molar-refractivity contribution in [3.05, 3.63) is 24.3 Å². The first kappa shape index (κ1) is 11.6. The lowest BCUT2D eigenvalue weighted by atomic mass is 10.4. The number of rotatable bonds is 3. The Kier molecular flexibility index (Phi) is 3.58. The molecule has 0 aromatic heterocycles. The molecule has 1 aromatic carbocycles. The molecule has 0 bridgehead atoms. The lowest BCUT2D eigenvalue weighted by Crippen LogP contribution is -2.11. The van der Waals surface area contributed by atoms with Gasteiger partial charge in [0.25, 0.3) is 0 Å². The molecule has 3 nitrogen and oxygen atoms in total. The molecule has 0 atom stereocenters. The van der Waals surface area contributed by atoms with Crippen LogP contribution in [0.4, 0.5) is 0 Å². The summed E-state index contributed by atoms with van der Waals surface area (Å²) in [7, 11) is -3.56. The Morgan fingerprint density at radius 2 is 1.71 bits per heavy atom. The van der Waals surface area contributed by atoms with E-state index in [9.17, 15) is 8.42 Å². The molecule has 2 N–H and O–H groups in total. The van der Waals surface area contributed by atoms with E-state index in [1.165, 1.54) is 12.1 Å². The van der Waals surface area contributed by atoms with Gasteiger partial charge in [-0.15, -0.1) is 11.8 Å². The zero-order chi connectivity index (χ0) is 10.8. The number of benzene rings is 1. The van der Waals surface area contributed by atoms with E-state index in [-0.39, 0.29) is 4.90 Å². The molecule has 1 aromatic rings. The van der Waals surface area contributed by atoms with Gasteiger partial charge in [-0.3, -0.25) is 0 Å². The Hall–Kier alpha value is -0.520. The van der Waals surface area contributed by atoms with Crippen molar-refractivity contribution in [1.82, 2.24) is 0 Å². The summed E-state index contributed by atoms with van der Waals surface area (Å²) in [4.78, 5) is 1.21. The van der Waals surface area contributed by atoms with Crippen molar-refractivity contribution >= 4 is 21.8 Å². The minimum absolute atomic E-state index is 0.158. The summed E-state index contributed by atoms with van der Waals surface area (Å²) in [6.07, 6.45) is 0. The smallest absolute Gasteiger partial charge is 0.225 e. The van der Waals surface area contributed by atoms with E-state index in [1.54, 1.807) is 23.9 Å². The Morgan fingerprint density at radius 3 is 2.07 bits per heavy atom. The van der Waals surface area contributed by atoms with Gasteiger partial charge in [-0.2, -0.15) is 0 Å². The van der Waals surface area contributed by atoms with Gasteiger partial charge in [0.15, 0.2) is 0 Å². The number of sulfonamides is 1. The van der Waals surface area contributed by atoms with Crippen LogP contribution in [0, 0.1) is 0 Å². The predicted molar refractivity (Wildman–Crippen MR) is 58.8 cm³/mol. The molecule has 0 saturated heterocycles. The topological polar surface area (TPSA) is 60.2 Å². The lowest BCUT2D eigenvalue weighted by molar-refractivity contribution is 0.597. The third-order valence-corrected chi connectivity index (χ3v) is 3.47. The summed E-state index contributed by atoms with van der Waals surface area (Å²) in [5, 5.41) is 5.46. The molecule has 14 heavy (non-hydrogen) atoms. The zero-order valence-corrected chi connectivity index (χ0v) is 9.73. The molecule has 0 aliphatic rings. The summed E-state index contributed by atoms with van der Waals surface area (Å²) in [6, 6.07) is 6.59. The van der Waals surface area contributed by atoms with Gasteiger partial charge in [-0.05, 0) is 24.3 Å². The van der Waals surface area contributed by atoms with Crippen molar-refractivity contribution < 1.29 is 8.42 Å². The van der Waals surface area contributed by atoms with Gasteiger partial charge in [0.2, 0.25) is 10.0 Å². The summed E-state index contributed by atoms with van der Waals surface area (Å²) in [6.45, 7) is 4.16. The van der Waals surface area contributed by atoms with Crippen molar-refractivity contribution in [2.45, 2.75) is 28.9 Å². The van der Waals surface area contributed by atoms with Gasteiger partial charge >= 0.3 is 0 Å². The minimum atomic E-state index is -3.56. The molecule has 0 saturated carbocycles. The number of primary sulfonamides is 1. The van der Waals surface area contributed by atoms with Crippen LogP contribution in [0.15, 0.2) is 34.1 Å². The molecule has 5 heteroatoms. The molecule has 0 aliphatic carbocycles. The predicted octanol–water partition coefficient (Wildman–Crippen LogP) is 1.83. The standard InChI is InChI=1S/C9H13NO2S2/c1-7(2)13-8-3-5-9(6-4-8)14(10,11)12/h3-7H,1-2H3,(H2,10,11,12). The molecular weight excluding hydrogens is 218 g/mol. The average Bonchev–Trinajstić information content (AvgIpc) is 2.02. The van der Waals surface area contributed by atoms with E-state index in [2.05, 4.69) is 13.8 Å². The highest BCUT2D eigenvalue weighted by Crippen LogP contribution is 2.23. The van der Waals surface area contributed by atoms with Gasteiger partial charge in [0.05, 0.1) is 4.90 Å². The van der Waals surface area contributed by atoms with E-state index in [4.69, 9.17) is 5.14 Å². The fourth-order valence-electron chi connectivity index (χ4n) is 0.980. The monoisotopic (exact) mass is 231 g/mol. The Bertz CT molecular complexity index is 395. The van der Waals surface area contributed by atoms with Crippen molar-refractivity contribution in [2.24, 2.45) is 5.14 Å². The summed E-state index contributed by atoms with van der Waals surface area (Å²) >= 11 is 1.68. The molecule has 0 amide bonds. The second-order valence-corrected chi connectivity index (χ2v) is 6.39. The largest absolute Gasteiger partial charge is 0.238 e. The highest BCUT2D eigenvalue weighted by Gasteiger charge is 2.07. The summed E-state index contributed by atoms with van der Waals surface area (Å²) < 4.78 is 21.9. The van der Waals surface area contributed by atoms with Gasteiger partial charge in [-0.25, -0.2) is 13.6 Å². The molecule has 0 spiro atoms. The maximum Gasteiger partial charge on any atom is 0.238 e. The van der Waals surface area contributed by atoms with Crippen LogP contribution in [0.3, 0.4) is 0 Å². The first-order valence-corrected chi connectivity index (χ1v) is 6.62. The molecule has 0 heterocycles.